The van der Waals surface area contributed by atoms with Crippen molar-refractivity contribution in [3.63, 3.8) is 0 Å². The SMILES string of the molecule is N[C@@H](c1ccsc1)c1cccc(F)c1. The third-order valence-corrected chi connectivity index (χ3v) is 2.81. The molecule has 0 aliphatic carbocycles. The Kier molecular flexibility index (Phi) is 2.61. The summed E-state index contributed by atoms with van der Waals surface area (Å²) in [4.78, 5) is 0. The average Bonchev–Trinajstić information content (AvgIpc) is 2.69. The van der Waals surface area contributed by atoms with E-state index in [1.165, 1.54) is 12.1 Å². The highest BCUT2D eigenvalue weighted by Gasteiger charge is 2.09. The smallest absolute Gasteiger partial charge is 0.123 e. The Morgan fingerprint density at radius 1 is 1.21 bits per heavy atom. The van der Waals surface area contributed by atoms with Crippen molar-refractivity contribution in [2.24, 2.45) is 5.73 Å². The van der Waals surface area contributed by atoms with E-state index in [0.717, 1.165) is 11.1 Å². The Morgan fingerprint density at radius 2 is 2.07 bits per heavy atom. The summed E-state index contributed by atoms with van der Waals surface area (Å²) >= 11 is 1.59. The summed E-state index contributed by atoms with van der Waals surface area (Å²) in [7, 11) is 0. The van der Waals surface area contributed by atoms with E-state index in [4.69, 9.17) is 5.73 Å². The van der Waals surface area contributed by atoms with Crippen LogP contribution in [0.1, 0.15) is 17.2 Å². The normalized spacial score (nSPS) is 12.7. The number of benzene rings is 1. The second-order valence-electron chi connectivity index (χ2n) is 3.09. The van der Waals surface area contributed by atoms with Crippen LogP contribution in [0.25, 0.3) is 0 Å². The summed E-state index contributed by atoms with van der Waals surface area (Å²) in [6.45, 7) is 0. The molecule has 1 atom stereocenters. The summed E-state index contributed by atoms with van der Waals surface area (Å²) in [6, 6.07) is 8.14. The summed E-state index contributed by atoms with van der Waals surface area (Å²) in [6.07, 6.45) is 0. The Labute approximate surface area is 86.0 Å². The monoisotopic (exact) mass is 207 g/mol. The lowest BCUT2D eigenvalue weighted by Crippen LogP contribution is -2.10. The number of thiophene rings is 1. The first-order chi connectivity index (χ1) is 6.77. The first-order valence-electron chi connectivity index (χ1n) is 4.30. The maximum atomic E-state index is 12.9. The van der Waals surface area contributed by atoms with Gasteiger partial charge in [0.05, 0.1) is 6.04 Å². The number of hydrogen-bond donors (Lipinski definition) is 1. The minimum atomic E-state index is -0.242. The van der Waals surface area contributed by atoms with Gasteiger partial charge in [0, 0.05) is 0 Å². The van der Waals surface area contributed by atoms with Crippen LogP contribution in [0.2, 0.25) is 0 Å². The second-order valence-corrected chi connectivity index (χ2v) is 3.87. The molecule has 0 saturated heterocycles. The first kappa shape index (κ1) is 9.37. The van der Waals surface area contributed by atoms with Crippen LogP contribution in [0.15, 0.2) is 41.1 Å². The molecular formula is C11H10FNS. The van der Waals surface area contributed by atoms with Crippen LogP contribution in [0, 0.1) is 5.82 Å². The maximum absolute atomic E-state index is 12.9. The summed E-state index contributed by atoms with van der Waals surface area (Å²) < 4.78 is 12.9. The van der Waals surface area contributed by atoms with Gasteiger partial charge in [0.15, 0.2) is 0 Å². The van der Waals surface area contributed by atoms with Gasteiger partial charge in [-0.2, -0.15) is 11.3 Å². The van der Waals surface area contributed by atoms with Crippen molar-refractivity contribution < 1.29 is 4.39 Å². The molecule has 0 spiro atoms. The fourth-order valence-electron chi connectivity index (χ4n) is 1.34. The fourth-order valence-corrected chi connectivity index (χ4v) is 2.04. The van der Waals surface area contributed by atoms with Gasteiger partial charge in [0.1, 0.15) is 5.82 Å². The van der Waals surface area contributed by atoms with Crippen molar-refractivity contribution >= 4 is 11.3 Å². The topological polar surface area (TPSA) is 26.0 Å². The highest BCUT2D eigenvalue weighted by molar-refractivity contribution is 7.08. The van der Waals surface area contributed by atoms with Gasteiger partial charge in [0.2, 0.25) is 0 Å². The van der Waals surface area contributed by atoms with E-state index in [1.807, 2.05) is 22.9 Å². The lowest BCUT2D eigenvalue weighted by molar-refractivity contribution is 0.623. The average molecular weight is 207 g/mol. The molecule has 2 rings (SSSR count). The Bertz CT molecular complexity index is 411. The molecule has 2 N–H and O–H groups in total. The Balaban J connectivity index is 2.32. The standard InChI is InChI=1S/C11H10FNS/c12-10-3-1-2-8(6-10)11(13)9-4-5-14-7-9/h1-7,11H,13H2/t11-/m1/s1. The lowest BCUT2D eigenvalue weighted by Gasteiger charge is -2.09. The minimum Gasteiger partial charge on any atom is -0.320 e. The zero-order valence-corrected chi connectivity index (χ0v) is 8.30. The molecule has 1 nitrogen and oxygen atoms in total. The van der Waals surface area contributed by atoms with Gasteiger partial charge >= 0.3 is 0 Å². The van der Waals surface area contributed by atoms with Crippen molar-refractivity contribution in [2.75, 3.05) is 0 Å². The van der Waals surface area contributed by atoms with Gasteiger partial charge in [0.25, 0.3) is 0 Å². The predicted octanol–water partition coefficient (Wildman–Crippen LogP) is 2.94. The molecule has 0 unspecified atom stereocenters. The van der Waals surface area contributed by atoms with Gasteiger partial charge in [-0.15, -0.1) is 0 Å². The van der Waals surface area contributed by atoms with Crippen LogP contribution in [0.5, 0.6) is 0 Å². The molecule has 2 aromatic rings. The molecule has 0 fully saturated rings. The number of hydrogen-bond acceptors (Lipinski definition) is 2. The van der Waals surface area contributed by atoms with Crippen LogP contribution >= 0.6 is 11.3 Å². The molecule has 1 aromatic carbocycles. The molecule has 1 heterocycles. The van der Waals surface area contributed by atoms with Crippen molar-refractivity contribution in [2.45, 2.75) is 6.04 Å². The van der Waals surface area contributed by atoms with Gasteiger partial charge in [-0.3, -0.25) is 0 Å². The van der Waals surface area contributed by atoms with Crippen molar-refractivity contribution in [3.05, 3.63) is 58.0 Å². The zero-order valence-electron chi connectivity index (χ0n) is 7.48. The number of rotatable bonds is 2. The molecule has 1 aromatic heterocycles. The highest BCUT2D eigenvalue weighted by atomic mass is 32.1. The van der Waals surface area contributed by atoms with Gasteiger partial charge in [-0.25, -0.2) is 4.39 Å². The van der Waals surface area contributed by atoms with E-state index in [0.29, 0.717) is 0 Å². The minimum absolute atomic E-state index is 0.225. The first-order valence-corrected chi connectivity index (χ1v) is 5.25. The van der Waals surface area contributed by atoms with E-state index in [2.05, 4.69) is 0 Å². The quantitative estimate of drug-likeness (QED) is 0.805. The highest BCUT2D eigenvalue weighted by Crippen LogP contribution is 2.21. The Hall–Kier alpha value is -1.19. The molecule has 72 valence electrons. The van der Waals surface area contributed by atoms with E-state index in [9.17, 15) is 4.39 Å². The number of nitrogens with two attached hydrogens (primary N) is 1. The lowest BCUT2D eigenvalue weighted by atomic mass is 10.0. The van der Waals surface area contributed by atoms with E-state index < -0.39 is 0 Å². The molecule has 0 bridgehead atoms. The fraction of sp³-hybridized carbons (Fsp3) is 0.0909. The van der Waals surface area contributed by atoms with Gasteiger partial charge in [-0.05, 0) is 40.1 Å². The Morgan fingerprint density at radius 3 is 2.71 bits per heavy atom. The molecule has 14 heavy (non-hydrogen) atoms. The van der Waals surface area contributed by atoms with E-state index in [-0.39, 0.29) is 11.9 Å². The van der Waals surface area contributed by atoms with Crippen molar-refractivity contribution in [3.8, 4) is 0 Å². The van der Waals surface area contributed by atoms with Gasteiger partial charge in [-0.1, -0.05) is 12.1 Å². The molecule has 0 aliphatic rings. The van der Waals surface area contributed by atoms with Crippen LogP contribution in [-0.2, 0) is 0 Å². The summed E-state index contributed by atoms with van der Waals surface area (Å²) in [5, 5.41) is 3.95. The van der Waals surface area contributed by atoms with E-state index in [1.54, 1.807) is 17.4 Å². The van der Waals surface area contributed by atoms with Crippen LogP contribution in [0.3, 0.4) is 0 Å². The van der Waals surface area contributed by atoms with E-state index >= 15 is 0 Å². The molecule has 0 radical (unpaired) electrons. The number of halogens is 1. The van der Waals surface area contributed by atoms with Crippen LogP contribution in [0.4, 0.5) is 4.39 Å². The summed E-state index contributed by atoms with van der Waals surface area (Å²) in [5.41, 5.74) is 7.81. The molecule has 0 aliphatic heterocycles. The molecule has 0 saturated carbocycles. The molecule has 0 amide bonds. The van der Waals surface area contributed by atoms with Crippen LogP contribution < -0.4 is 5.73 Å². The van der Waals surface area contributed by atoms with Gasteiger partial charge < -0.3 is 5.73 Å². The zero-order chi connectivity index (χ0) is 9.97. The molecule has 3 heteroatoms. The molecular weight excluding hydrogens is 197 g/mol. The second kappa shape index (κ2) is 3.90. The third-order valence-electron chi connectivity index (χ3n) is 2.11. The maximum Gasteiger partial charge on any atom is 0.123 e. The van der Waals surface area contributed by atoms with Crippen molar-refractivity contribution in [1.29, 1.82) is 0 Å². The van der Waals surface area contributed by atoms with Crippen LogP contribution in [-0.4, -0.2) is 0 Å². The summed E-state index contributed by atoms with van der Waals surface area (Å²) in [5.74, 6) is -0.242. The van der Waals surface area contributed by atoms with Crippen molar-refractivity contribution in [1.82, 2.24) is 0 Å². The predicted molar refractivity (Wildman–Crippen MR) is 56.7 cm³/mol. The third kappa shape index (κ3) is 1.84. The largest absolute Gasteiger partial charge is 0.320 e.